The number of aryl methyl sites for hydroxylation is 2. The predicted octanol–water partition coefficient (Wildman–Crippen LogP) is 2.17. The van der Waals surface area contributed by atoms with Gasteiger partial charge in [0.15, 0.2) is 0 Å². The van der Waals surface area contributed by atoms with Crippen LogP contribution < -0.4 is 5.32 Å². The van der Waals surface area contributed by atoms with Gasteiger partial charge in [-0.2, -0.15) is 5.10 Å². The molecule has 0 aliphatic heterocycles. The summed E-state index contributed by atoms with van der Waals surface area (Å²) >= 11 is 0. The van der Waals surface area contributed by atoms with Crippen LogP contribution in [0.1, 0.15) is 38.8 Å². The zero-order chi connectivity index (χ0) is 15.8. The number of anilines is 1. The third-order valence-electron chi connectivity index (χ3n) is 4.34. The smallest absolute Gasteiger partial charge is 0.333 e. The van der Waals surface area contributed by atoms with Gasteiger partial charge in [0.2, 0.25) is 5.82 Å². The molecule has 8 heteroatoms. The van der Waals surface area contributed by atoms with E-state index in [0.717, 1.165) is 6.42 Å². The average molecular weight is 296 g/mol. The second-order valence-corrected chi connectivity index (χ2v) is 5.67. The number of hydrogen-bond donors (Lipinski definition) is 2. The molecule has 1 aliphatic carbocycles. The Labute approximate surface area is 122 Å². The molecule has 0 bridgehead atoms. The van der Waals surface area contributed by atoms with Crippen LogP contribution in [0.2, 0.25) is 0 Å². The zero-order valence-corrected chi connectivity index (χ0v) is 12.4. The quantitative estimate of drug-likeness (QED) is 0.636. The highest BCUT2D eigenvalue weighted by molar-refractivity contribution is 5.77. The highest BCUT2D eigenvalue weighted by atomic mass is 16.6. The SMILES string of the molecule is CCn1nc(C)c([N+](=O)[O-])c1NC1CCCC1(C)C(=O)O. The molecule has 2 atom stereocenters. The summed E-state index contributed by atoms with van der Waals surface area (Å²) in [5.41, 5.74) is -0.652. The lowest BCUT2D eigenvalue weighted by Gasteiger charge is -2.28. The van der Waals surface area contributed by atoms with Crippen LogP contribution in [0.5, 0.6) is 0 Å². The maximum absolute atomic E-state index is 11.5. The van der Waals surface area contributed by atoms with Crippen LogP contribution >= 0.6 is 0 Å². The first kappa shape index (κ1) is 15.3. The molecule has 21 heavy (non-hydrogen) atoms. The van der Waals surface area contributed by atoms with Crippen LogP contribution in [0.25, 0.3) is 0 Å². The van der Waals surface area contributed by atoms with Crippen molar-refractivity contribution < 1.29 is 14.8 Å². The number of carbonyl (C=O) groups is 1. The lowest BCUT2D eigenvalue weighted by molar-refractivity contribution is -0.384. The molecule has 1 aromatic rings. The van der Waals surface area contributed by atoms with E-state index in [9.17, 15) is 20.0 Å². The van der Waals surface area contributed by atoms with Gasteiger partial charge < -0.3 is 10.4 Å². The molecule has 0 saturated heterocycles. The fraction of sp³-hybridized carbons (Fsp3) is 0.692. The van der Waals surface area contributed by atoms with Gasteiger partial charge in [-0.05, 0) is 33.6 Å². The van der Waals surface area contributed by atoms with Crippen molar-refractivity contribution in [1.82, 2.24) is 9.78 Å². The molecule has 8 nitrogen and oxygen atoms in total. The van der Waals surface area contributed by atoms with Crippen LogP contribution in [0.15, 0.2) is 0 Å². The normalized spacial score (nSPS) is 25.0. The number of rotatable bonds is 5. The Balaban J connectivity index is 2.39. The molecule has 1 aliphatic rings. The largest absolute Gasteiger partial charge is 0.481 e. The molecule has 0 radical (unpaired) electrons. The van der Waals surface area contributed by atoms with Gasteiger partial charge in [0.05, 0.1) is 10.3 Å². The first-order valence-electron chi connectivity index (χ1n) is 7.03. The Bertz CT molecular complexity index is 583. The van der Waals surface area contributed by atoms with E-state index in [1.54, 1.807) is 13.8 Å². The lowest BCUT2D eigenvalue weighted by Crippen LogP contribution is -2.40. The van der Waals surface area contributed by atoms with Gasteiger partial charge in [0.25, 0.3) is 0 Å². The number of nitro groups is 1. The van der Waals surface area contributed by atoms with E-state index in [4.69, 9.17) is 0 Å². The number of carboxylic acids is 1. The number of hydrogen-bond acceptors (Lipinski definition) is 5. The number of carboxylic acid groups (broad SMARTS) is 1. The minimum absolute atomic E-state index is 0.0727. The Morgan fingerprint density at radius 3 is 2.86 bits per heavy atom. The molecule has 2 unspecified atom stereocenters. The molecule has 1 heterocycles. The fourth-order valence-corrected chi connectivity index (χ4v) is 2.98. The molecular formula is C13H20N4O4. The van der Waals surface area contributed by atoms with Crippen molar-refractivity contribution in [3.63, 3.8) is 0 Å². The number of nitrogens with zero attached hydrogens (tertiary/aromatic N) is 3. The first-order valence-corrected chi connectivity index (χ1v) is 7.03. The van der Waals surface area contributed by atoms with Crippen LogP contribution in [0, 0.1) is 22.5 Å². The van der Waals surface area contributed by atoms with Gasteiger partial charge in [0.1, 0.15) is 5.69 Å². The predicted molar refractivity (Wildman–Crippen MR) is 76.3 cm³/mol. The summed E-state index contributed by atoms with van der Waals surface area (Å²) in [6, 6.07) is -0.338. The maximum Gasteiger partial charge on any atom is 0.333 e. The summed E-state index contributed by atoms with van der Waals surface area (Å²) in [6.07, 6.45) is 2.02. The Kier molecular flexibility index (Phi) is 3.89. The second kappa shape index (κ2) is 5.34. The lowest BCUT2D eigenvalue weighted by atomic mass is 9.85. The van der Waals surface area contributed by atoms with Gasteiger partial charge >= 0.3 is 11.7 Å². The third-order valence-corrected chi connectivity index (χ3v) is 4.34. The standard InChI is InChI=1S/C13H20N4O4/c1-4-16-11(10(17(20)21)8(2)15-16)14-9-6-5-7-13(9,3)12(18)19/h9,14H,4-7H2,1-3H3,(H,18,19). The van der Waals surface area contributed by atoms with Crippen molar-refractivity contribution in [1.29, 1.82) is 0 Å². The van der Waals surface area contributed by atoms with Crippen molar-refractivity contribution in [3.05, 3.63) is 15.8 Å². The van der Waals surface area contributed by atoms with E-state index < -0.39 is 16.3 Å². The van der Waals surface area contributed by atoms with E-state index in [1.807, 2.05) is 6.92 Å². The summed E-state index contributed by atoms with van der Waals surface area (Å²) in [7, 11) is 0. The number of aliphatic carboxylic acids is 1. The van der Waals surface area contributed by atoms with Crippen LogP contribution in [0.3, 0.4) is 0 Å². The summed E-state index contributed by atoms with van der Waals surface area (Å²) in [5.74, 6) is -0.571. The number of aromatic nitrogens is 2. The second-order valence-electron chi connectivity index (χ2n) is 5.67. The van der Waals surface area contributed by atoms with Crippen molar-refractivity contribution in [2.75, 3.05) is 5.32 Å². The fourth-order valence-electron chi connectivity index (χ4n) is 2.98. The Morgan fingerprint density at radius 2 is 2.33 bits per heavy atom. The van der Waals surface area contributed by atoms with Crippen molar-refractivity contribution >= 4 is 17.5 Å². The first-order chi connectivity index (χ1) is 9.81. The summed E-state index contributed by atoms with van der Waals surface area (Å²) in [4.78, 5) is 22.3. The molecule has 1 saturated carbocycles. The molecule has 1 fully saturated rings. The molecule has 2 rings (SSSR count). The van der Waals surface area contributed by atoms with E-state index >= 15 is 0 Å². The van der Waals surface area contributed by atoms with Crippen molar-refractivity contribution in [2.24, 2.45) is 5.41 Å². The monoisotopic (exact) mass is 296 g/mol. The topological polar surface area (TPSA) is 110 Å². The maximum atomic E-state index is 11.5. The van der Waals surface area contributed by atoms with Crippen molar-refractivity contribution in [2.45, 2.75) is 52.6 Å². The van der Waals surface area contributed by atoms with Crippen LogP contribution in [-0.4, -0.2) is 31.8 Å². The molecule has 116 valence electrons. The Hall–Kier alpha value is -2.12. The van der Waals surface area contributed by atoms with Gasteiger partial charge in [-0.25, -0.2) is 4.68 Å². The molecule has 0 spiro atoms. The summed E-state index contributed by atoms with van der Waals surface area (Å²) in [6.45, 7) is 5.59. The zero-order valence-electron chi connectivity index (χ0n) is 12.4. The number of nitrogens with one attached hydrogen (secondary N) is 1. The van der Waals surface area contributed by atoms with E-state index in [1.165, 1.54) is 4.68 Å². The minimum Gasteiger partial charge on any atom is -0.481 e. The third kappa shape index (κ3) is 2.45. The van der Waals surface area contributed by atoms with Crippen LogP contribution in [-0.2, 0) is 11.3 Å². The van der Waals surface area contributed by atoms with Gasteiger partial charge in [-0.3, -0.25) is 14.9 Å². The molecule has 2 N–H and O–H groups in total. The van der Waals surface area contributed by atoms with Crippen LogP contribution in [0.4, 0.5) is 11.5 Å². The molecule has 0 amide bonds. The van der Waals surface area contributed by atoms with E-state index in [-0.39, 0.29) is 11.7 Å². The molecule has 0 aromatic carbocycles. The van der Waals surface area contributed by atoms with Crippen molar-refractivity contribution in [3.8, 4) is 0 Å². The van der Waals surface area contributed by atoms with E-state index in [2.05, 4.69) is 10.4 Å². The molecular weight excluding hydrogens is 276 g/mol. The van der Waals surface area contributed by atoms with E-state index in [0.29, 0.717) is 30.9 Å². The van der Waals surface area contributed by atoms with Gasteiger partial charge in [-0.1, -0.05) is 6.42 Å². The van der Waals surface area contributed by atoms with Gasteiger partial charge in [0, 0.05) is 12.6 Å². The van der Waals surface area contributed by atoms with Gasteiger partial charge in [-0.15, -0.1) is 0 Å². The summed E-state index contributed by atoms with van der Waals surface area (Å²) in [5, 5.41) is 27.9. The highest BCUT2D eigenvalue weighted by Gasteiger charge is 2.46. The minimum atomic E-state index is -0.912. The Morgan fingerprint density at radius 1 is 1.67 bits per heavy atom. The highest BCUT2D eigenvalue weighted by Crippen LogP contribution is 2.41. The molecule has 1 aromatic heterocycles. The average Bonchev–Trinajstić information content (AvgIpc) is 2.92. The summed E-state index contributed by atoms with van der Waals surface area (Å²) < 4.78 is 1.52.